The van der Waals surface area contributed by atoms with Crippen LogP contribution in [0.3, 0.4) is 0 Å². The second-order valence-corrected chi connectivity index (χ2v) is 7.60. The Bertz CT molecular complexity index is 558. The predicted octanol–water partition coefficient (Wildman–Crippen LogP) is 1.96. The summed E-state index contributed by atoms with van der Waals surface area (Å²) in [6, 6.07) is 4.27. The van der Waals surface area contributed by atoms with E-state index in [0.717, 1.165) is 38.8 Å². The summed E-state index contributed by atoms with van der Waals surface area (Å²) in [5.41, 5.74) is 0. The van der Waals surface area contributed by atoms with Crippen LogP contribution in [0.1, 0.15) is 36.6 Å². The summed E-state index contributed by atoms with van der Waals surface area (Å²) in [7, 11) is 3.57. The third-order valence-corrected chi connectivity index (χ3v) is 5.85. The lowest BCUT2D eigenvalue weighted by molar-refractivity contribution is -0.137. The molecule has 126 valence electrons. The van der Waals surface area contributed by atoms with Crippen LogP contribution in [0.25, 0.3) is 0 Å². The van der Waals surface area contributed by atoms with Crippen molar-refractivity contribution in [2.75, 3.05) is 33.7 Å². The minimum absolute atomic E-state index is 0.117. The molecule has 1 aromatic rings. The van der Waals surface area contributed by atoms with E-state index in [9.17, 15) is 9.59 Å². The van der Waals surface area contributed by atoms with Gasteiger partial charge in [0.15, 0.2) is 0 Å². The Morgan fingerprint density at radius 3 is 2.74 bits per heavy atom. The first-order chi connectivity index (χ1) is 11.1. The molecule has 2 amide bonds. The van der Waals surface area contributed by atoms with Crippen LogP contribution < -0.4 is 0 Å². The number of likely N-dealkylation sites (tertiary alicyclic amines) is 2. The molecule has 3 heterocycles. The van der Waals surface area contributed by atoms with Gasteiger partial charge in [-0.3, -0.25) is 14.5 Å². The molecule has 2 aliphatic heterocycles. The van der Waals surface area contributed by atoms with Crippen molar-refractivity contribution < 1.29 is 9.59 Å². The molecule has 0 aliphatic carbocycles. The smallest absolute Gasteiger partial charge is 0.239 e. The third-order valence-electron chi connectivity index (χ3n) is 4.87. The van der Waals surface area contributed by atoms with Crippen molar-refractivity contribution in [3.05, 3.63) is 22.4 Å². The lowest BCUT2D eigenvalue weighted by atomic mass is 10.2. The summed E-state index contributed by atoms with van der Waals surface area (Å²) in [6.07, 6.45) is 3.96. The van der Waals surface area contributed by atoms with Crippen LogP contribution in [-0.4, -0.2) is 66.3 Å². The van der Waals surface area contributed by atoms with E-state index < -0.39 is 0 Å². The van der Waals surface area contributed by atoms with Crippen LogP contribution in [0.15, 0.2) is 17.5 Å². The van der Waals surface area contributed by atoms with E-state index in [1.165, 1.54) is 4.88 Å². The monoisotopic (exact) mass is 335 g/mol. The Morgan fingerprint density at radius 2 is 2.04 bits per heavy atom. The summed E-state index contributed by atoms with van der Waals surface area (Å²) >= 11 is 1.73. The first-order valence-corrected chi connectivity index (χ1v) is 9.24. The van der Waals surface area contributed by atoms with E-state index in [0.29, 0.717) is 6.54 Å². The third kappa shape index (κ3) is 3.43. The van der Waals surface area contributed by atoms with Gasteiger partial charge in [0.25, 0.3) is 0 Å². The van der Waals surface area contributed by atoms with Crippen molar-refractivity contribution in [1.29, 1.82) is 0 Å². The fourth-order valence-corrected chi connectivity index (χ4v) is 4.57. The lowest BCUT2D eigenvalue weighted by Gasteiger charge is -2.29. The largest absolute Gasteiger partial charge is 0.347 e. The van der Waals surface area contributed by atoms with E-state index >= 15 is 0 Å². The lowest BCUT2D eigenvalue weighted by Crippen LogP contribution is -2.47. The summed E-state index contributed by atoms with van der Waals surface area (Å²) in [5.74, 6) is 0.283. The molecule has 3 rings (SSSR count). The van der Waals surface area contributed by atoms with Gasteiger partial charge in [-0.15, -0.1) is 11.3 Å². The molecular weight excluding hydrogens is 310 g/mol. The normalized spacial score (nSPS) is 25.0. The van der Waals surface area contributed by atoms with E-state index in [4.69, 9.17) is 0 Å². The van der Waals surface area contributed by atoms with E-state index in [-0.39, 0.29) is 23.9 Å². The van der Waals surface area contributed by atoms with E-state index in [1.54, 1.807) is 30.3 Å². The van der Waals surface area contributed by atoms with Crippen LogP contribution in [-0.2, 0) is 9.59 Å². The average Bonchev–Trinajstić information content (AvgIpc) is 3.26. The van der Waals surface area contributed by atoms with Crippen LogP contribution in [0, 0.1) is 0 Å². The van der Waals surface area contributed by atoms with Crippen molar-refractivity contribution in [3.63, 3.8) is 0 Å². The topological polar surface area (TPSA) is 43.9 Å². The molecule has 23 heavy (non-hydrogen) atoms. The maximum atomic E-state index is 12.8. The first kappa shape index (κ1) is 16.5. The summed E-state index contributed by atoms with van der Waals surface area (Å²) < 4.78 is 0. The minimum atomic E-state index is -0.128. The van der Waals surface area contributed by atoms with Gasteiger partial charge in [0.2, 0.25) is 11.8 Å². The summed E-state index contributed by atoms with van der Waals surface area (Å²) in [6.45, 7) is 2.04. The molecule has 2 fully saturated rings. The van der Waals surface area contributed by atoms with Gasteiger partial charge in [0.05, 0.1) is 18.6 Å². The Labute approximate surface area is 141 Å². The SMILES string of the molecule is CN(C)C(=O)C1CCCN1CC(=O)N1CCCC1c1cccs1. The van der Waals surface area contributed by atoms with Gasteiger partial charge >= 0.3 is 0 Å². The maximum absolute atomic E-state index is 12.8. The zero-order chi connectivity index (χ0) is 16.4. The summed E-state index contributed by atoms with van der Waals surface area (Å²) in [5, 5.41) is 2.07. The molecule has 0 spiro atoms. The van der Waals surface area contributed by atoms with Gasteiger partial charge in [0.1, 0.15) is 0 Å². The number of hydrogen-bond acceptors (Lipinski definition) is 4. The van der Waals surface area contributed by atoms with Crippen LogP contribution >= 0.6 is 11.3 Å². The molecule has 0 N–H and O–H groups in total. The molecule has 1 aromatic heterocycles. The molecule has 2 aliphatic rings. The number of carbonyl (C=O) groups is 2. The Kier molecular flexibility index (Phi) is 5.02. The van der Waals surface area contributed by atoms with Crippen LogP contribution in [0.4, 0.5) is 0 Å². The quantitative estimate of drug-likeness (QED) is 0.845. The standard InChI is InChI=1S/C17H25N3O2S/c1-18(2)17(22)14-7-3-9-19(14)12-16(21)20-10-4-6-13(20)15-8-5-11-23-15/h5,8,11,13-14H,3-4,6-7,9-10,12H2,1-2H3. The highest BCUT2D eigenvalue weighted by atomic mass is 32.1. The zero-order valence-electron chi connectivity index (χ0n) is 13.9. The molecule has 0 bridgehead atoms. The second kappa shape index (κ2) is 7.01. The highest BCUT2D eigenvalue weighted by Crippen LogP contribution is 2.34. The van der Waals surface area contributed by atoms with Gasteiger partial charge < -0.3 is 9.80 Å². The first-order valence-electron chi connectivity index (χ1n) is 8.36. The summed E-state index contributed by atoms with van der Waals surface area (Å²) in [4.78, 5) is 32.1. The van der Waals surface area contributed by atoms with E-state index in [1.807, 2.05) is 11.0 Å². The Hall–Kier alpha value is -1.40. The molecular formula is C17H25N3O2S. The zero-order valence-corrected chi connectivity index (χ0v) is 14.7. The molecule has 2 atom stereocenters. The van der Waals surface area contributed by atoms with Crippen LogP contribution in [0.2, 0.25) is 0 Å². The van der Waals surface area contributed by atoms with Crippen molar-refractivity contribution in [1.82, 2.24) is 14.7 Å². The van der Waals surface area contributed by atoms with Gasteiger partial charge in [-0.05, 0) is 43.7 Å². The molecule has 0 aromatic carbocycles. The molecule has 5 nitrogen and oxygen atoms in total. The van der Waals surface area contributed by atoms with E-state index in [2.05, 4.69) is 16.3 Å². The molecule has 2 saturated heterocycles. The number of amides is 2. The fourth-order valence-electron chi connectivity index (χ4n) is 3.70. The molecule has 6 heteroatoms. The Morgan fingerprint density at radius 1 is 1.26 bits per heavy atom. The average molecular weight is 335 g/mol. The Balaban J connectivity index is 1.65. The van der Waals surface area contributed by atoms with Gasteiger partial charge in [0, 0.05) is 25.5 Å². The number of rotatable bonds is 4. The number of hydrogen-bond donors (Lipinski definition) is 0. The van der Waals surface area contributed by atoms with Crippen molar-refractivity contribution in [2.45, 2.75) is 37.8 Å². The van der Waals surface area contributed by atoms with Gasteiger partial charge in [-0.1, -0.05) is 6.07 Å². The highest BCUT2D eigenvalue weighted by molar-refractivity contribution is 7.10. The molecule has 2 unspecified atom stereocenters. The highest BCUT2D eigenvalue weighted by Gasteiger charge is 2.36. The fraction of sp³-hybridized carbons (Fsp3) is 0.647. The predicted molar refractivity (Wildman–Crippen MR) is 91.3 cm³/mol. The van der Waals surface area contributed by atoms with Crippen molar-refractivity contribution in [2.24, 2.45) is 0 Å². The maximum Gasteiger partial charge on any atom is 0.239 e. The number of likely N-dealkylation sites (N-methyl/N-ethyl adjacent to an activating group) is 1. The number of carbonyl (C=O) groups excluding carboxylic acids is 2. The van der Waals surface area contributed by atoms with Crippen molar-refractivity contribution in [3.8, 4) is 0 Å². The molecule has 0 radical (unpaired) electrons. The molecule has 0 saturated carbocycles. The van der Waals surface area contributed by atoms with Gasteiger partial charge in [-0.25, -0.2) is 0 Å². The van der Waals surface area contributed by atoms with Crippen molar-refractivity contribution >= 4 is 23.2 Å². The van der Waals surface area contributed by atoms with Crippen LogP contribution in [0.5, 0.6) is 0 Å². The number of nitrogens with zero attached hydrogens (tertiary/aromatic N) is 3. The second-order valence-electron chi connectivity index (χ2n) is 6.62. The number of thiophene rings is 1. The minimum Gasteiger partial charge on any atom is -0.347 e. The van der Waals surface area contributed by atoms with Gasteiger partial charge in [-0.2, -0.15) is 0 Å².